The molecule has 0 aromatic carbocycles. The molecule has 0 saturated heterocycles. The van der Waals surface area contributed by atoms with Crippen LogP contribution in [0.2, 0.25) is 0 Å². The van der Waals surface area contributed by atoms with Crippen molar-refractivity contribution in [2.24, 2.45) is 31.3 Å². The van der Waals surface area contributed by atoms with Gasteiger partial charge in [-0.2, -0.15) is 0 Å². The quantitative estimate of drug-likeness (QED) is 0.558. The van der Waals surface area contributed by atoms with Crippen molar-refractivity contribution in [2.45, 2.75) is 69.6 Å². The third-order valence-electron chi connectivity index (χ3n) is 5.85. The van der Waals surface area contributed by atoms with Crippen molar-refractivity contribution >= 4 is 24.3 Å². The topological polar surface area (TPSA) is 118 Å². The highest BCUT2D eigenvalue weighted by Gasteiger charge is 2.53. The first-order valence-corrected chi connectivity index (χ1v) is 8.39. The van der Waals surface area contributed by atoms with Crippen molar-refractivity contribution in [2.75, 3.05) is 0 Å². The maximum absolute atomic E-state index is 10.9. The SMILES string of the molecule is CC1(C2CCC(N=C=O)CC2N=C=O)C(N=C=O)CCCC1N=C=O. The predicted molar refractivity (Wildman–Crippen MR) is 86.9 cm³/mol. The van der Waals surface area contributed by atoms with E-state index in [-0.39, 0.29) is 24.0 Å². The molecule has 0 spiro atoms. The summed E-state index contributed by atoms with van der Waals surface area (Å²) in [6.45, 7) is 1.94. The van der Waals surface area contributed by atoms with Crippen LogP contribution in [0.3, 0.4) is 0 Å². The Morgan fingerprint density at radius 1 is 0.760 bits per heavy atom. The van der Waals surface area contributed by atoms with Crippen LogP contribution in [0.5, 0.6) is 0 Å². The van der Waals surface area contributed by atoms with Crippen LogP contribution in [0.1, 0.15) is 45.4 Å². The molecule has 8 nitrogen and oxygen atoms in total. The summed E-state index contributed by atoms with van der Waals surface area (Å²) in [5.41, 5.74) is -0.631. The largest absolute Gasteiger partial charge is 0.235 e. The summed E-state index contributed by atoms with van der Waals surface area (Å²) in [5, 5.41) is 0. The summed E-state index contributed by atoms with van der Waals surface area (Å²) in [6, 6.07) is -1.39. The molecule has 0 bridgehead atoms. The second-order valence-corrected chi connectivity index (χ2v) is 6.85. The first kappa shape index (κ1) is 18.9. The number of carbonyl (C=O) groups excluding carboxylic acids is 4. The van der Waals surface area contributed by atoms with Crippen molar-refractivity contribution in [3.8, 4) is 0 Å². The standard InChI is InChI=1S/C17H20N4O4/c1-17(15(20-10-24)3-2-4-16(17)21-11-25)13-6-5-12(18-8-22)7-14(13)19-9-23/h12-16H,2-7H2,1H3. The van der Waals surface area contributed by atoms with E-state index in [1.807, 2.05) is 6.92 Å². The van der Waals surface area contributed by atoms with Crippen LogP contribution >= 0.6 is 0 Å². The summed E-state index contributed by atoms with van der Waals surface area (Å²) in [4.78, 5) is 58.9. The second-order valence-electron chi connectivity index (χ2n) is 6.85. The van der Waals surface area contributed by atoms with Gasteiger partial charge in [0.1, 0.15) is 0 Å². The lowest BCUT2D eigenvalue weighted by atomic mass is 9.56. The van der Waals surface area contributed by atoms with Gasteiger partial charge in [0.15, 0.2) is 0 Å². The fraction of sp³-hybridized carbons (Fsp3) is 0.765. The van der Waals surface area contributed by atoms with Gasteiger partial charge in [-0.05, 0) is 44.4 Å². The molecule has 2 fully saturated rings. The fourth-order valence-electron chi connectivity index (χ4n) is 4.63. The molecule has 0 radical (unpaired) electrons. The van der Waals surface area contributed by atoms with Crippen LogP contribution in [0, 0.1) is 11.3 Å². The molecular weight excluding hydrogens is 324 g/mol. The highest BCUT2D eigenvalue weighted by Crippen LogP contribution is 2.51. The molecular formula is C17H20N4O4. The van der Waals surface area contributed by atoms with E-state index in [0.29, 0.717) is 32.1 Å². The van der Waals surface area contributed by atoms with Crippen molar-refractivity contribution in [1.82, 2.24) is 0 Å². The molecule has 8 heteroatoms. The molecule has 0 aromatic heterocycles. The minimum Gasteiger partial charge on any atom is -0.211 e. The first-order chi connectivity index (χ1) is 12.1. The molecule has 2 rings (SSSR count). The highest BCUT2D eigenvalue weighted by molar-refractivity contribution is 5.37. The number of nitrogens with zero attached hydrogens (tertiary/aromatic N) is 4. The van der Waals surface area contributed by atoms with E-state index in [0.717, 1.165) is 6.42 Å². The minimum atomic E-state index is -0.631. The third-order valence-corrected chi connectivity index (χ3v) is 5.85. The lowest BCUT2D eigenvalue weighted by Gasteiger charge is -2.51. The molecule has 2 aliphatic carbocycles. The van der Waals surface area contributed by atoms with Gasteiger partial charge in [0.05, 0.1) is 24.2 Å². The van der Waals surface area contributed by atoms with Crippen LogP contribution < -0.4 is 0 Å². The Morgan fingerprint density at radius 2 is 1.32 bits per heavy atom. The summed E-state index contributed by atoms with van der Waals surface area (Å²) in [5.74, 6) is -0.142. The Kier molecular flexibility index (Phi) is 6.46. The van der Waals surface area contributed by atoms with Crippen molar-refractivity contribution in [3.05, 3.63) is 0 Å². The molecule has 0 amide bonds. The molecule has 2 aliphatic rings. The van der Waals surface area contributed by atoms with Gasteiger partial charge in [-0.25, -0.2) is 39.1 Å². The Bertz CT molecular complexity index is 657. The Morgan fingerprint density at radius 3 is 1.84 bits per heavy atom. The Balaban J connectivity index is 2.45. The lowest BCUT2D eigenvalue weighted by molar-refractivity contribution is 0.0299. The van der Waals surface area contributed by atoms with Crippen LogP contribution in [-0.4, -0.2) is 48.5 Å². The number of hydrogen-bond donors (Lipinski definition) is 0. The van der Waals surface area contributed by atoms with E-state index in [1.54, 1.807) is 24.3 Å². The van der Waals surface area contributed by atoms with Gasteiger partial charge in [0.2, 0.25) is 24.3 Å². The van der Waals surface area contributed by atoms with E-state index in [2.05, 4.69) is 20.0 Å². The van der Waals surface area contributed by atoms with Gasteiger partial charge < -0.3 is 0 Å². The molecule has 0 aliphatic heterocycles. The van der Waals surface area contributed by atoms with E-state index < -0.39 is 11.5 Å². The number of isocyanates is 4. The average Bonchev–Trinajstić information content (AvgIpc) is 2.60. The molecule has 0 heterocycles. The van der Waals surface area contributed by atoms with Gasteiger partial charge in [-0.3, -0.25) is 0 Å². The minimum absolute atomic E-state index is 0.142. The zero-order chi connectivity index (χ0) is 18.3. The van der Waals surface area contributed by atoms with Crippen molar-refractivity contribution in [1.29, 1.82) is 0 Å². The fourth-order valence-corrected chi connectivity index (χ4v) is 4.63. The Hall–Kier alpha value is -2.48. The van der Waals surface area contributed by atoms with Crippen LogP contribution in [0.15, 0.2) is 20.0 Å². The van der Waals surface area contributed by atoms with E-state index in [4.69, 9.17) is 0 Å². The molecule has 25 heavy (non-hydrogen) atoms. The zero-order valence-corrected chi connectivity index (χ0v) is 14.1. The maximum atomic E-state index is 10.9. The average molecular weight is 344 g/mol. The van der Waals surface area contributed by atoms with Crippen LogP contribution in [-0.2, 0) is 19.2 Å². The van der Waals surface area contributed by atoms with Crippen molar-refractivity contribution < 1.29 is 19.2 Å². The monoisotopic (exact) mass is 344 g/mol. The molecule has 0 aromatic rings. The predicted octanol–water partition coefficient (Wildman–Crippen LogP) is 1.79. The Labute approximate surface area is 145 Å². The van der Waals surface area contributed by atoms with Crippen molar-refractivity contribution in [3.63, 3.8) is 0 Å². The summed E-state index contributed by atoms with van der Waals surface area (Å²) in [7, 11) is 0. The molecule has 2 saturated carbocycles. The normalized spacial score (nSPS) is 37.4. The highest BCUT2D eigenvalue weighted by atomic mass is 16.1. The maximum Gasteiger partial charge on any atom is 0.235 e. The van der Waals surface area contributed by atoms with Gasteiger partial charge in [-0.1, -0.05) is 6.92 Å². The van der Waals surface area contributed by atoms with Gasteiger partial charge in [-0.15, -0.1) is 0 Å². The number of hydrogen-bond acceptors (Lipinski definition) is 8. The van der Waals surface area contributed by atoms with Gasteiger partial charge in [0.25, 0.3) is 0 Å². The summed E-state index contributed by atoms with van der Waals surface area (Å²) >= 11 is 0. The summed E-state index contributed by atoms with van der Waals surface area (Å²) in [6.07, 6.45) is 10.2. The molecule has 132 valence electrons. The second kappa shape index (κ2) is 8.57. The summed E-state index contributed by atoms with van der Waals surface area (Å²) < 4.78 is 0. The number of aliphatic imine (C=N–C) groups is 4. The smallest absolute Gasteiger partial charge is 0.211 e. The zero-order valence-electron chi connectivity index (χ0n) is 14.1. The number of rotatable bonds is 5. The van der Waals surface area contributed by atoms with Gasteiger partial charge >= 0.3 is 0 Å². The first-order valence-electron chi connectivity index (χ1n) is 8.39. The molecule has 0 N–H and O–H groups in total. The molecule has 5 unspecified atom stereocenters. The lowest BCUT2D eigenvalue weighted by Crippen LogP contribution is -2.54. The van der Waals surface area contributed by atoms with Gasteiger partial charge in [0, 0.05) is 5.41 Å². The van der Waals surface area contributed by atoms with E-state index in [9.17, 15) is 19.2 Å². The third kappa shape index (κ3) is 3.79. The van der Waals surface area contributed by atoms with E-state index in [1.165, 1.54) is 0 Å². The van der Waals surface area contributed by atoms with Crippen LogP contribution in [0.4, 0.5) is 0 Å². The van der Waals surface area contributed by atoms with E-state index >= 15 is 0 Å². The van der Waals surface area contributed by atoms with Crippen LogP contribution in [0.25, 0.3) is 0 Å². The molecule has 5 atom stereocenters.